The molecule has 1 aromatic carbocycles. The lowest BCUT2D eigenvalue weighted by molar-refractivity contribution is -0.137. The predicted molar refractivity (Wildman–Crippen MR) is 116 cm³/mol. The number of methoxy groups -OCH3 is 1. The molecule has 0 unspecified atom stereocenters. The van der Waals surface area contributed by atoms with Crippen molar-refractivity contribution in [1.82, 2.24) is 4.90 Å². The van der Waals surface area contributed by atoms with Gasteiger partial charge in [0, 0.05) is 32.4 Å². The van der Waals surface area contributed by atoms with Gasteiger partial charge in [-0.3, -0.25) is 0 Å². The van der Waals surface area contributed by atoms with Crippen LogP contribution in [0.25, 0.3) is 0 Å². The van der Waals surface area contributed by atoms with Crippen LogP contribution in [0, 0.1) is 5.92 Å². The highest BCUT2D eigenvalue weighted by Crippen LogP contribution is 2.38. The first-order valence-corrected chi connectivity index (χ1v) is 10.7. The van der Waals surface area contributed by atoms with Crippen LogP contribution in [0.15, 0.2) is 18.2 Å². The van der Waals surface area contributed by atoms with Crippen LogP contribution in [-0.4, -0.2) is 56.4 Å². The molecule has 1 aliphatic carbocycles. The van der Waals surface area contributed by atoms with Gasteiger partial charge in [-0.1, -0.05) is 0 Å². The van der Waals surface area contributed by atoms with Crippen molar-refractivity contribution in [3.8, 4) is 0 Å². The Kier molecular flexibility index (Phi) is 8.07. The monoisotopic (exact) mass is 458 g/mol. The van der Waals surface area contributed by atoms with Gasteiger partial charge < -0.3 is 19.3 Å². The van der Waals surface area contributed by atoms with Crippen LogP contribution < -0.4 is 4.90 Å². The van der Waals surface area contributed by atoms with Crippen LogP contribution in [0.3, 0.4) is 0 Å². The second-order valence-electron chi connectivity index (χ2n) is 9.37. The van der Waals surface area contributed by atoms with Crippen molar-refractivity contribution >= 4 is 17.7 Å². The summed E-state index contributed by atoms with van der Waals surface area (Å²) >= 11 is 0. The smallest absolute Gasteiger partial charge is 0.418 e. The Labute approximate surface area is 187 Å². The number of hydrogen-bond acceptors (Lipinski definition) is 5. The minimum atomic E-state index is -4.54. The number of ether oxygens (including phenoxy) is 2. The van der Waals surface area contributed by atoms with E-state index in [4.69, 9.17) is 4.74 Å². The van der Waals surface area contributed by atoms with E-state index in [2.05, 4.69) is 4.74 Å². The Morgan fingerprint density at radius 1 is 1.06 bits per heavy atom. The van der Waals surface area contributed by atoms with Crippen molar-refractivity contribution < 1.29 is 32.2 Å². The number of carbonyl (C=O) groups is 2. The molecule has 1 saturated carbocycles. The van der Waals surface area contributed by atoms with Crippen molar-refractivity contribution in [2.45, 2.75) is 64.3 Å². The van der Waals surface area contributed by atoms with Crippen molar-refractivity contribution in [1.29, 1.82) is 0 Å². The van der Waals surface area contributed by atoms with Gasteiger partial charge in [0.1, 0.15) is 5.60 Å². The van der Waals surface area contributed by atoms with E-state index >= 15 is 0 Å². The Morgan fingerprint density at radius 3 is 2.16 bits per heavy atom. The summed E-state index contributed by atoms with van der Waals surface area (Å²) in [6.45, 7) is 5.86. The molecule has 1 aliphatic rings. The highest BCUT2D eigenvalue weighted by Gasteiger charge is 2.36. The lowest BCUT2D eigenvalue weighted by Gasteiger charge is -2.37. The fraction of sp³-hybridized carbons (Fsp3) is 0.652. The summed E-state index contributed by atoms with van der Waals surface area (Å²) in [6, 6.07) is 3.32. The fourth-order valence-corrected chi connectivity index (χ4v) is 4.02. The number of anilines is 1. The van der Waals surface area contributed by atoms with Crippen molar-refractivity contribution in [3.05, 3.63) is 29.3 Å². The first kappa shape index (κ1) is 25.8. The lowest BCUT2D eigenvalue weighted by Crippen LogP contribution is -2.43. The Morgan fingerprint density at radius 2 is 1.66 bits per heavy atom. The maximum absolute atomic E-state index is 13.5. The molecule has 0 radical (unpaired) electrons. The normalized spacial score (nSPS) is 19.3. The third-order valence-corrected chi connectivity index (χ3v) is 5.71. The van der Waals surface area contributed by atoms with Gasteiger partial charge in [0.25, 0.3) is 0 Å². The number of amides is 1. The summed E-state index contributed by atoms with van der Waals surface area (Å²) < 4.78 is 50.7. The molecular formula is C23H33F3N2O4. The highest BCUT2D eigenvalue weighted by atomic mass is 19.4. The van der Waals surface area contributed by atoms with Crippen molar-refractivity contribution in [3.63, 3.8) is 0 Å². The van der Waals surface area contributed by atoms with Gasteiger partial charge in [-0.15, -0.1) is 0 Å². The molecule has 1 fully saturated rings. The summed E-state index contributed by atoms with van der Waals surface area (Å²) in [5.41, 5.74) is -1.33. The zero-order valence-electron chi connectivity index (χ0n) is 19.6. The molecule has 0 aliphatic heterocycles. The van der Waals surface area contributed by atoms with Crippen molar-refractivity contribution in [2.75, 3.05) is 32.6 Å². The third-order valence-electron chi connectivity index (χ3n) is 5.71. The molecule has 0 heterocycles. The number of benzene rings is 1. The van der Waals surface area contributed by atoms with Gasteiger partial charge in [-0.2, -0.15) is 13.2 Å². The highest BCUT2D eigenvalue weighted by molar-refractivity contribution is 5.90. The van der Waals surface area contributed by atoms with E-state index in [1.807, 2.05) is 20.8 Å². The molecule has 2 rings (SSSR count). The van der Waals surface area contributed by atoms with Crippen LogP contribution in [0.4, 0.5) is 23.7 Å². The fourth-order valence-electron chi connectivity index (χ4n) is 4.02. The van der Waals surface area contributed by atoms with E-state index in [9.17, 15) is 22.8 Å². The van der Waals surface area contributed by atoms with Gasteiger partial charge >= 0.3 is 18.2 Å². The Balaban J connectivity index is 2.06. The molecule has 0 bridgehead atoms. The lowest BCUT2D eigenvalue weighted by atomic mass is 9.85. The molecule has 32 heavy (non-hydrogen) atoms. The molecule has 0 saturated heterocycles. The number of alkyl halides is 3. The van der Waals surface area contributed by atoms with Gasteiger partial charge in [-0.25, -0.2) is 9.59 Å². The Hall–Kier alpha value is -2.45. The average molecular weight is 459 g/mol. The van der Waals surface area contributed by atoms with E-state index in [0.29, 0.717) is 6.54 Å². The van der Waals surface area contributed by atoms with E-state index in [-0.39, 0.29) is 29.3 Å². The second-order valence-corrected chi connectivity index (χ2v) is 9.37. The molecular weight excluding hydrogens is 425 g/mol. The predicted octanol–water partition coefficient (Wildman–Crippen LogP) is 5.35. The van der Waals surface area contributed by atoms with Gasteiger partial charge in [0.05, 0.1) is 18.2 Å². The summed E-state index contributed by atoms with van der Waals surface area (Å²) in [6.07, 6.45) is -1.84. The number of hydrogen-bond donors (Lipinski definition) is 0. The Bertz CT molecular complexity index is 812. The number of halogens is 3. The zero-order valence-corrected chi connectivity index (χ0v) is 19.6. The molecule has 0 aromatic heterocycles. The van der Waals surface area contributed by atoms with Crippen LogP contribution in [-0.2, 0) is 15.7 Å². The van der Waals surface area contributed by atoms with Crippen LogP contribution in [0.1, 0.15) is 62.4 Å². The van der Waals surface area contributed by atoms with Gasteiger partial charge in [0.2, 0.25) is 0 Å². The molecule has 0 spiro atoms. The third kappa shape index (κ3) is 6.77. The number of rotatable bonds is 5. The molecule has 9 heteroatoms. The van der Waals surface area contributed by atoms with Gasteiger partial charge in [0.15, 0.2) is 0 Å². The van der Waals surface area contributed by atoms with E-state index < -0.39 is 23.3 Å². The van der Waals surface area contributed by atoms with E-state index in [1.165, 1.54) is 13.2 Å². The van der Waals surface area contributed by atoms with Crippen LogP contribution in [0.2, 0.25) is 0 Å². The molecule has 1 aromatic rings. The molecule has 0 atom stereocenters. The first-order valence-electron chi connectivity index (χ1n) is 10.7. The minimum Gasteiger partial charge on any atom is -0.465 e. The van der Waals surface area contributed by atoms with Gasteiger partial charge in [-0.05, 0) is 70.6 Å². The summed E-state index contributed by atoms with van der Waals surface area (Å²) in [5, 5.41) is 0. The topological polar surface area (TPSA) is 59.1 Å². The summed E-state index contributed by atoms with van der Waals surface area (Å²) in [4.78, 5) is 27.3. The quantitative estimate of drug-likeness (QED) is 0.557. The molecule has 180 valence electrons. The largest absolute Gasteiger partial charge is 0.465 e. The average Bonchev–Trinajstić information content (AvgIpc) is 2.70. The number of carbonyl (C=O) groups excluding carboxylic acids is 2. The standard InChI is InChI=1S/C23H33F3N2O4/c1-22(2,3)32-21(30)28(5)17-10-7-15(8-11-17)14-27(4)19-13-16(20(29)31-6)9-12-18(19)23(24,25)26/h9,12-13,15,17H,7-8,10-11,14H2,1-6H3. The molecule has 1 amide bonds. The number of nitrogens with zero attached hydrogens (tertiary/aromatic N) is 2. The van der Waals surface area contributed by atoms with Crippen molar-refractivity contribution in [2.24, 2.45) is 5.92 Å². The van der Waals surface area contributed by atoms with E-state index in [0.717, 1.165) is 37.8 Å². The SMILES string of the molecule is COC(=O)c1ccc(C(F)(F)F)c(N(C)CC2CCC(N(C)C(=O)OC(C)(C)C)CC2)c1. The maximum Gasteiger partial charge on any atom is 0.418 e. The maximum atomic E-state index is 13.5. The van der Waals surface area contributed by atoms with E-state index in [1.54, 1.807) is 23.9 Å². The summed E-state index contributed by atoms with van der Waals surface area (Å²) in [7, 11) is 4.51. The number of esters is 1. The van der Waals surface area contributed by atoms with Crippen LogP contribution in [0.5, 0.6) is 0 Å². The first-order chi connectivity index (χ1) is 14.7. The molecule has 0 N–H and O–H groups in total. The van der Waals surface area contributed by atoms with Crippen LogP contribution >= 0.6 is 0 Å². The summed E-state index contributed by atoms with van der Waals surface area (Å²) in [5.74, 6) is -0.509. The minimum absolute atomic E-state index is 0.0415. The zero-order chi connectivity index (χ0) is 24.3. The second kappa shape index (κ2) is 10.0. The molecule has 6 nitrogen and oxygen atoms in total.